The molecule has 4 heteroatoms. The monoisotopic (exact) mass is 279 g/mol. The minimum atomic E-state index is -0.457. The summed E-state index contributed by atoms with van der Waals surface area (Å²) < 4.78 is 10.7. The summed E-state index contributed by atoms with van der Waals surface area (Å²) in [6.07, 6.45) is 2.10. The van der Waals surface area contributed by atoms with Crippen molar-refractivity contribution in [2.24, 2.45) is 5.92 Å². The smallest absolute Gasteiger partial charge is 0.119 e. The lowest BCUT2D eigenvalue weighted by molar-refractivity contribution is 0.0315. The highest BCUT2D eigenvalue weighted by Crippen LogP contribution is 2.28. The predicted octanol–water partition coefficient (Wildman–Crippen LogP) is 2.13. The van der Waals surface area contributed by atoms with Gasteiger partial charge in [-0.05, 0) is 43.4 Å². The lowest BCUT2D eigenvalue weighted by Crippen LogP contribution is -2.32. The minimum absolute atomic E-state index is 0.170. The maximum absolute atomic E-state index is 9.87. The van der Waals surface area contributed by atoms with E-state index < -0.39 is 6.10 Å². The molecule has 1 aliphatic carbocycles. The van der Waals surface area contributed by atoms with Crippen LogP contribution in [0.15, 0.2) is 24.3 Å². The molecule has 0 spiro atoms. The van der Waals surface area contributed by atoms with Gasteiger partial charge in [0.15, 0.2) is 0 Å². The Labute approximate surface area is 121 Å². The van der Waals surface area contributed by atoms with Crippen molar-refractivity contribution < 1.29 is 14.6 Å². The van der Waals surface area contributed by atoms with Gasteiger partial charge in [-0.15, -0.1) is 0 Å². The Balaban J connectivity index is 1.68. The number of benzene rings is 1. The van der Waals surface area contributed by atoms with Crippen LogP contribution in [0.1, 0.15) is 31.4 Å². The van der Waals surface area contributed by atoms with Crippen molar-refractivity contribution in [1.29, 1.82) is 0 Å². The van der Waals surface area contributed by atoms with E-state index in [2.05, 4.69) is 18.3 Å². The number of aliphatic hydroxyl groups excluding tert-OH is 1. The third-order valence-corrected chi connectivity index (χ3v) is 3.61. The molecule has 0 heterocycles. The van der Waals surface area contributed by atoms with Gasteiger partial charge in [0, 0.05) is 19.2 Å². The maximum Gasteiger partial charge on any atom is 0.119 e. The summed E-state index contributed by atoms with van der Waals surface area (Å²) in [4.78, 5) is 0. The number of aliphatic hydroxyl groups is 1. The van der Waals surface area contributed by atoms with Crippen molar-refractivity contribution in [3.05, 3.63) is 29.8 Å². The molecule has 1 aromatic rings. The summed E-state index contributed by atoms with van der Waals surface area (Å²) in [7, 11) is 1.66. The first-order chi connectivity index (χ1) is 9.69. The second kappa shape index (κ2) is 7.62. The van der Waals surface area contributed by atoms with Crippen LogP contribution in [-0.4, -0.2) is 38.1 Å². The molecule has 1 saturated carbocycles. The Kier molecular flexibility index (Phi) is 5.83. The number of ether oxygens (including phenoxy) is 2. The minimum Gasteiger partial charge on any atom is -0.497 e. The van der Waals surface area contributed by atoms with Gasteiger partial charge < -0.3 is 19.9 Å². The third kappa shape index (κ3) is 5.12. The molecular weight excluding hydrogens is 254 g/mol. The van der Waals surface area contributed by atoms with Crippen molar-refractivity contribution in [3.63, 3.8) is 0 Å². The second-order valence-electron chi connectivity index (χ2n) is 5.54. The summed E-state index contributed by atoms with van der Waals surface area (Å²) in [5.74, 6) is 1.59. The zero-order valence-corrected chi connectivity index (χ0v) is 12.3. The van der Waals surface area contributed by atoms with E-state index in [4.69, 9.17) is 9.47 Å². The standard InChI is InChI=1S/C16H25NO3/c1-12(14-4-3-5-16(8-14)19-2)17-9-15(18)11-20-10-13-6-7-13/h3-5,8,12-13,15,17-18H,6-7,9-11H2,1-2H3/t12-,15?/m0/s1. The molecule has 2 atom stereocenters. The molecule has 1 unspecified atom stereocenters. The molecule has 1 aromatic carbocycles. The van der Waals surface area contributed by atoms with Crippen molar-refractivity contribution in [2.45, 2.75) is 31.9 Å². The van der Waals surface area contributed by atoms with Crippen LogP contribution in [-0.2, 0) is 4.74 Å². The van der Waals surface area contributed by atoms with Crippen LogP contribution in [0.3, 0.4) is 0 Å². The average molecular weight is 279 g/mol. The van der Waals surface area contributed by atoms with Crippen molar-refractivity contribution >= 4 is 0 Å². The lowest BCUT2D eigenvalue weighted by atomic mass is 10.1. The first kappa shape index (κ1) is 15.3. The quantitative estimate of drug-likeness (QED) is 0.727. The molecule has 0 amide bonds. The normalized spacial score (nSPS) is 17.8. The number of hydrogen-bond donors (Lipinski definition) is 2. The van der Waals surface area contributed by atoms with Crippen LogP contribution >= 0.6 is 0 Å². The van der Waals surface area contributed by atoms with Gasteiger partial charge in [-0.1, -0.05) is 12.1 Å². The highest BCUT2D eigenvalue weighted by Gasteiger charge is 2.21. The van der Waals surface area contributed by atoms with Crippen molar-refractivity contribution in [3.8, 4) is 5.75 Å². The first-order valence-electron chi connectivity index (χ1n) is 7.32. The maximum atomic E-state index is 9.87. The molecule has 2 rings (SSSR count). The van der Waals surface area contributed by atoms with Crippen LogP contribution in [0, 0.1) is 5.92 Å². The summed E-state index contributed by atoms with van der Waals surface area (Å²) in [5, 5.41) is 13.2. The van der Waals surface area contributed by atoms with Crippen LogP contribution in [0.4, 0.5) is 0 Å². The Hall–Kier alpha value is -1.10. The Morgan fingerprint density at radius 1 is 1.40 bits per heavy atom. The molecule has 0 bridgehead atoms. The Morgan fingerprint density at radius 3 is 2.90 bits per heavy atom. The van der Waals surface area contributed by atoms with Gasteiger partial charge >= 0.3 is 0 Å². The average Bonchev–Trinajstić information content (AvgIpc) is 3.29. The summed E-state index contributed by atoms with van der Waals surface area (Å²) in [6, 6.07) is 8.13. The first-order valence-corrected chi connectivity index (χ1v) is 7.32. The molecular formula is C16H25NO3. The molecule has 0 radical (unpaired) electrons. The van der Waals surface area contributed by atoms with Gasteiger partial charge in [-0.2, -0.15) is 0 Å². The molecule has 1 aliphatic rings. The van der Waals surface area contributed by atoms with Gasteiger partial charge in [0.2, 0.25) is 0 Å². The molecule has 1 fully saturated rings. The molecule has 20 heavy (non-hydrogen) atoms. The molecule has 0 saturated heterocycles. The fraction of sp³-hybridized carbons (Fsp3) is 0.625. The van der Waals surface area contributed by atoms with Crippen LogP contribution in [0.25, 0.3) is 0 Å². The van der Waals surface area contributed by atoms with E-state index in [0.717, 1.165) is 23.8 Å². The van der Waals surface area contributed by atoms with E-state index in [0.29, 0.717) is 13.2 Å². The highest BCUT2D eigenvalue weighted by atomic mass is 16.5. The predicted molar refractivity (Wildman–Crippen MR) is 79.0 cm³/mol. The van der Waals surface area contributed by atoms with E-state index >= 15 is 0 Å². The number of methoxy groups -OCH3 is 1. The third-order valence-electron chi connectivity index (χ3n) is 3.61. The molecule has 0 aliphatic heterocycles. The SMILES string of the molecule is COc1cccc([C@H](C)NCC(O)COCC2CC2)c1. The van der Waals surface area contributed by atoms with E-state index in [1.54, 1.807) is 7.11 Å². The van der Waals surface area contributed by atoms with Gasteiger partial charge in [-0.25, -0.2) is 0 Å². The lowest BCUT2D eigenvalue weighted by Gasteiger charge is -2.18. The van der Waals surface area contributed by atoms with E-state index in [-0.39, 0.29) is 6.04 Å². The zero-order chi connectivity index (χ0) is 14.4. The van der Waals surface area contributed by atoms with Crippen LogP contribution in [0.5, 0.6) is 5.75 Å². The van der Waals surface area contributed by atoms with Gasteiger partial charge in [-0.3, -0.25) is 0 Å². The number of nitrogens with one attached hydrogen (secondary N) is 1. The Bertz CT molecular complexity index is 406. The van der Waals surface area contributed by atoms with Gasteiger partial charge in [0.1, 0.15) is 5.75 Å². The van der Waals surface area contributed by atoms with Gasteiger partial charge in [0.05, 0.1) is 19.8 Å². The fourth-order valence-corrected chi connectivity index (χ4v) is 2.06. The fourth-order valence-electron chi connectivity index (χ4n) is 2.06. The van der Waals surface area contributed by atoms with E-state index in [1.807, 2.05) is 18.2 Å². The van der Waals surface area contributed by atoms with E-state index in [1.165, 1.54) is 12.8 Å². The van der Waals surface area contributed by atoms with E-state index in [9.17, 15) is 5.11 Å². The van der Waals surface area contributed by atoms with Gasteiger partial charge in [0.25, 0.3) is 0 Å². The molecule has 112 valence electrons. The second-order valence-corrected chi connectivity index (χ2v) is 5.54. The largest absolute Gasteiger partial charge is 0.497 e. The molecule has 0 aromatic heterocycles. The number of rotatable bonds is 9. The van der Waals surface area contributed by atoms with Crippen LogP contribution in [0.2, 0.25) is 0 Å². The zero-order valence-electron chi connectivity index (χ0n) is 12.3. The van der Waals surface area contributed by atoms with Crippen molar-refractivity contribution in [2.75, 3.05) is 26.9 Å². The Morgan fingerprint density at radius 2 is 2.20 bits per heavy atom. The molecule has 2 N–H and O–H groups in total. The molecule has 4 nitrogen and oxygen atoms in total. The summed E-state index contributed by atoms with van der Waals surface area (Å²) in [6.45, 7) is 3.81. The topological polar surface area (TPSA) is 50.7 Å². The summed E-state index contributed by atoms with van der Waals surface area (Å²) in [5.41, 5.74) is 1.15. The summed E-state index contributed by atoms with van der Waals surface area (Å²) >= 11 is 0. The van der Waals surface area contributed by atoms with Crippen LogP contribution < -0.4 is 10.1 Å². The number of hydrogen-bond acceptors (Lipinski definition) is 4. The van der Waals surface area contributed by atoms with Crippen molar-refractivity contribution in [1.82, 2.24) is 5.32 Å². The highest BCUT2D eigenvalue weighted by molar-refractivity contribution is 5.30.